The highest BCUT2D eigenvalue weighted by molar-refractivity contribution is 7.00. The van der Waals surface area contributed by atoms with E-state index in [0.717, 1.165) is 0 Å². The Kier molecular flexibility index (Phi) is 13.2. The largest absolute Gasteiger partial charge is 0.417 e. The second-order valence-electron chi connectivity index (χ2n) is 18.7. The van der Waals surface area contributed by atoms with Crippen molar-refractivity contribution in [1.82, 2.24) is 0 Å². The molecule has 0 spiro atoms. The van der Waals surface area contributed by atoms with E-state index in [1.54, 1.807) is 0 Å². The molecule has 0 bridgehead atoms. The van der Waals surface area contributed by atoms with Crippen molar-refractivity contribution >= 4 is 45.7 Å². The van der Waals surface area contributed by atoms with Gasteiger partial charge < -0.3 is 23.1 Å². The molecule has 1 saturated heterocycles. The molecular formula is C46H66O5Si3. The minimum Gasteiger partial charge on any atom is -0.417 e. The van der Waals surface area contributed by atoms with Crippen LogP contribution in [0.15, 0.2) is 121 Å². The zero-order valence-corrected chi connectivity index (χ0v) is 37.8. The van der Waals surface area contributed by atoms with Gasteiger partial charge in [0.1, 0.15) is 6.10 Å². The molecule has 0 amide bonds. The summed E-state index contributed by atoms with van der Waals surface area (Å²) >= 11 is 0. The second-order valence-corrected chi connectivity index (χ2v) is 32.0. The van der Waals surface area contributed by atoms with Crippen LogP contribution < -0.4 is 20.7 Å². The van der Waals surface area contributed by atoms with Crippen LogP contribution in [-0.2, 0) is 18.0 Å². The van der Waals surface area contributed by atoms with Crippen LogP contribution in [0.4, 0.5) is 0 Å². The van der Waals surface area contributed by atoms with Crippen LogP contribution in [0.2, 0.25) is 28.2 Å². The Labute approximate surface area is 329 Å². The molecule has 4 atom stereocenters. The van der Waals surface area contributed by atoms with Crippen LogP contribution in [0.25, 0.3) is 0 Å². The molecule has 0 unspecified atom stereocenters. The molecule has 54 heavy (non-hydrogen) atoms. The Bertz CT molecular complexity index is 1650. The quantitative estimate of drug-likeness (QED) is 0.130. The van der Waals surface area contributed by atoms with Crippen LogP contribution in [-0.4, -0.2) is 67.7 Å². The molecule has 1 aliphatic rings. The van der Waals surface area contributed by atoms with Crippen LogP contribution in [0.3, 0.4) is 0 Å². The van der Waals surface area contributed by atoms with Crippen molar-refractivity contribution in [2.24, 2.45) is 0 Å². The summed E-state index contributed by atoms with van der Waals surface area (Å²) in [6.45, 7) is 25.8. The van der Waals surface area contributed by atoms with Gasteiger partial charge in [0, 0.05) is 13.0 Å². The maximum atomic E-state index is 11.0. The Morgan fingerprint density at radius 1 is 0.611 bits per heavy atom. The van der Waals surface area contributed by atoms with Gasteiger partial charge in [-0.2, -0.15) is 0 Å². The monoisotopic (exact) mass is 782 g/mol. The lowest BCUT2D eigenvalue weighted by atomic mass is 10.1. The molecule has 1 N–H and O–H groups in total. The molecule has 5 rings (SSSR count). The number of rotatable bonds is 14. The molecule has 1 heterocycles. The molecule has 4 aromatic carbocycles. The van der Waals surface area contributed by atoms with Crippen LogP contribution >= 0.6 is 0 Å². The van der Waals surface area contributed by atoms with E-state index in [0.29, 0.717) is 19.4 Å². The third-order valence-corrected chi connectivity index (χ3v) is 26.6. The Morgan fingerprint density at radius 2 is 1.00 bits per heavy atom. The lowest BCUT2D eigenvalue weighted by molar-refractivity contribution is -0.0595. The number of hydrogen-bond donors (Lipinski definition) is 1. The number of ether oxygens (including phenoxy) is 1. The van der Waals surface area contributed by atoms with E-state index in [-0.39, 0.29) is 40.0 Å². The van der Waals surface area contributed by atoms with E-state index in [4.69, 9.17) is 18.0 Å². The summed E-state index contributed by atoms with van der Waals surface area (Å²) in [7, 11) is -7.94. The van der Waals surface area contributed by atoms with E-state index in [2.05, 4.69) is 197 Å². The second kappa shape index (κ2) is 16.8. The summed E-state index contributed by atoms with van der Waals surface area (Å²) in [5.41, 5.74) is 0. The zero-order chi connectivity index (χ0) is 39.4. The Hall–Kier alpha value is -2.67. The number of benzene rings is 4. The van der Waals surface area contributed by atoms with E-state index >= 15 is 0 Å². The summed E-state index contributed by atoms with van der Waals surface area (Å²) in [4.78, 5) is 0. The van der Waals surface area contributed by atoms with Crippen molar-refractivity contribution in [3.63, 3.8) is 0 Å². The normalized spacial score (nSPS) is 19.5. The number of aliphatic hydroxyl groups excluding tert-OH is 1. The fourth-order valence-electron chi connectivity index (χ4n) is 8.08. The van der Waals surface area contributed by atoms with E-state index < -0.39 is 31.1 Å². The third-order valence-electron chi connectivity index (χ3n) is 12.0. The average molecular weight is 783 g/mol. The highest BCUT2D eigenvalue weighted by Crippen LogP contribution is 2.43. The molecule has 8 heteroatoms. The third kappa shape index (κ3) is 8.66. The van der Waals surface area contributed by atoms with Gasteiger partial charge in [-0.15, -0.1) is 0 Å². The van der Waals surface area contributed by atoms with Gasteiger partial charge in [-0.1, -0.05) is 184 Å². The van der Waals surface area contributed by atoms with E-state index in [1.165, 1.54) is 20.7 Å². The maximum absolute atomic E-state index is 11.0. The molecule has 5 nitrogen and oxygen atoms in total. The molecule has 4 aromatic rings. The first-order chi connectivity index (χ1) is 25.4. The molecule has 292 valence electrons. The first-order valence-electron chi connectivity index (χ1n) is 19.9. The fourth-order valence-corrected chi connectivity index (χ4v) is 18.6. The minimum atomic E-state index is -2.97. The van der Waals surface area contributed by atoms with Gasteiger partial charge in [-0.05, 0) is 55.4 Å². The van der Waals surface area contributed by atoms with Crippen molar-refractivity contribution in [3.05, 3.63) is 121 Å². The lowest BCUT2D eigenvalue weighted by Gasteiger charge is -2.46. The molecule has 0 radical (unpaired) electrons. The standard InChI is InChI=1S/C46H66O5Si3/c1-44(2,3)52(10,11)48-33-32-40(50-53(45(4,5)6,36-24-16-12-17-25-36)37-26-18-13-19-27-37)41-34-42(43(35-47)49-41)51-54(46(7,8)9,38-28-20-14-21-29-38)39-30-22-15-23-31-39/h12-31,40-43,47H,32-35H2,1-11H3/t40-,41+,42-,43+/m0/s1. The summed E-state index contributed by atoms with van der Waals surface area (Å²) in [6, 6.07) is 43.1. The summed E-state index contributed by atoms with van der Waals surface area (Å²) in [5.74, 6) is 0. The van der Waals surface area contributed by atoms with Crippen molar-refractivity contribution in [3.8, 4) is 0 Å². The highest BCUT2D eigenvalue weighted by atomic mass is 28.4. The van der Waals surface area contributed by atoms with Crippen molar-refractivity contribution in [1.29, 1.82) is 0 Å². The average Bonchev–Trinajstić information content (AvgIpc) is 3.54. The molecule has 1 aliphatic heterocycles. The molecular weight excluding hydrogens is 717 g/mol. The predicted molar refractivity (Wildman–Crippen MR) is 233 cm³/mol. The number of aliphatic hydroxyl groups is 1. The smallest absolute Gasteiger partial charge is 0.261 e. The van der Waals surface area contributed by atoms with Gasteiger partial charge in [-0.25, -0.2) is 0 Å². The maximum Gasteiger partial charge on any atom is 0.261 e. The zero-order valence-electron chi connectivity index (χ0n) is 34.8. The Balaban J connectivity index is 1.61. The van der Waals surface area contributed by atoms with Crippen LogP contribution in [0, 0.1) is 0 Å². The first-order valence-corrected chi connectivity index (χ1v) is 26.6. The van der Waals surface area contributed by atoms with Gasteiger partial charge in [-0.3, -0.25) is 0 Å². The van der Waals surface area contributed by atoms with Gasteiger partial charge in [0.25, 0.3) is 16.6 Å². The summed E-state index contributed by atoms with van der Waals surface area (Å²) in [6.07, 6.45) is -0.163. The molecule has 0 aliphatic carbocycles. The fraction of sp³-hybridized carbons (Fsp3) is 0.478. The molecule has 0 aromatic heterocycles. The topological polar surface area (TPSA) is 57.2 Å². The minimum absolute atomic E-state index is 0.0852. The van der Waals surface area contributed by atoms with Gasteiger partial charge >= 0.3 is 0 Å². The number of hydrogen-bond acceptors (Lipinski definition) is 5. The predicted octanol–water partition coefficient (Wildman–Crippen LogP) is 8.44. The summed E-state index contributed by atoms with van der Waals surface area (Å²) in [5, 5.41) is 15.6. The van der Waals surface area contributed by atoms with Crippen molar-refractivity contribution in [2.75, 3.05) is 13.2 Å². The Morgan fingerprint density at radius 3 is 1.35 bits per heavy atom. The van der Waals surface area contributed by atoms with E-state index in [1.807, 2.05) is 0 Å². The van der Waals surface area contributed by atoms with E-state index in [9.17, 15) is 5.11 Å². The van der Waals surface area contributed by atoms with Crippen molar-refractivity contribution in [2.45, 2.75) is 128 Å². The SMILES string of the molecule is CC(C)(C)[Si](C)(C)OCC[C@H](O[Si](c1ccccc1)(c1ccccc1)C(C)(C)C)[C@H]1C[C@H](O[Si](c2ccccc2)(c2ccccc2)C(C)(C)C)[C@@H](CO)O1. The lowest BCUT2D eigenvalue weighted by Crippen LogP contribution is -2.68. The highest BCUT2D eigenvalue weighted by Gasteiger charge is 2.56. The molecule has 0 saturated carbocycles. The van der Waals surface area contributed by atoms with Gasteiger partial charge in [0.15, 0.2) is 8.32 Å². The first kappa shape index (κ1) is 42.5. The summed E-state index contributed by atoms with van der Waals surface area (Å²) < 4.78 is 29.4. The van der Waals surface area contributed by atoms with Gasteiger partial charge in [0.2, 0.25) is 0 Å². The molecule has 1 fully saturated rings. The van der Waals surface area contributed by atoms with Crippen molar-refractivity contribution < 1.29 is 23.1 Å². The van der Waals surface area contributed by atoms with Gasteiger partial charge in [0.05, 0.1) is 24.9 Å². The van der Waals surface area contributed by atoms with Crippen LogP contribution in [0.5, 0.6) is 0 Å². The van der Waals surface area contributed by atoms with Crippen LogP contribution in [0.1, 0.15) is 75.2 Å².